The molecule has 1 saturated heterocycles. The monoisotopic (exact) mass is 442 g/mol. The van der Waals surface area contributed by atoms with Gasteiger partial charge in [0.1, 0.15) is 18.2 Å². The molecule has 2 N–H and O–H groups in total. The Morgan fingerprint density at radius 2 is 1.58 bits per heavy atom. The molecule has 0 radical (unpaired) electrons. The first-order valence-electron chi connectivity index (χ1n) is 10.8. The lowest BCUT2D eigenvalue weighted by Gasteiger charge is -2.32. The third kappa shape index (κ3) is 4.74. The first kappa shape index (κ1) is 20.8. The van der Waals surface area contributed by atoms with E-state index in [2.05, 4.69) is 61.2 Å². The number of nitrogens with zero attached hydrogens (tertiary/aromatic N) is 5. The highest BCUT2D eigenvalue weighted by Crippen LogP contribution is 2.27. The fourth-order valence-corrected chi connectivity index (χ4v) is 3.91. The van der Waals surface area contributed by atoms with Crippen molar-refractivity contribution >= 4 is 11.6 Å². The second kappa shape index (κ2) is 9.20. The normalized spacial score (nSPS) is 14.3. The van der Waals surface area contributed by atoms with Gasteiger partial charge in [-0.15, -0.1) is 0 Å². The van der Waals surface area contributed by atoms with Gasteiger partial charge < -0.3 is 15.4 Å². The molecule has 1 fully saturated rings. The molecule has 166 valence electrons. The second-order valence-electron chi connectivity index (χ2n) is 7.89. The summed E-state index contributed by atoms with van der Waals surface area (Å²) in [5.41, 5.74) is 9.78. The van der Waals surface area contributed by atoms with Crippen LogP contribution in [0.1, 0.15) is 12.8 Å². The van der Waals surface area contributed by atoms with E-state index < -0.39 is 5.82 Å². The van der Waals surface area contributed by atoms with E-state index in [4.69, 9.17) is 10.5 Å². The molecule has 4 aromatic rings. The average Bonchev–Trinajstić information content (AvgIpc) is 2.87. The summed E-state index contributed by atoms with van der Waals surface area (Å²) in [7, 11) is 0. The molecule has 5 rings (SSSR count). The molecule has 0 bridgehead atoms. The van der Waals surface area contributed by atoms with E-state index in [9.17, 15) is 4.39 Å². The minimum atomic E-state index is -0.647. The summed E-state index contributed by atoms with van der Waals surface area (Å²) in [6.45, 7) is 1.54. The lowest BCUT2D eigenvalue weighted by Crippen LogP contribution is -2.39. The van der Waals surface area contributed by atoms with Crippen LogP contribution in [0.25, 0.3) is 22.4 Å². The molecule has 7 nitrogen and oxygen atoms in total. The number of benzene rings is 2. The van der Waals surface area contributed by atoms with Crippen LogP contribution in [0.3, 0.4) is 0 Å². The Hall–Kier alpha value is -4.07. The molecule has 33 heavy (non-hydrogen) atoms. The van der Waals surface area contributed by atoms with Crippen LogP contribution in [-0.2, 0) is 0 Å². The van der Waals surface area contributed by atoms with E-state index in [1.54, 1.807) is 6.33 Å². The molecule has 0 aliphatic carbocycles. The second-order valence-corrected chi connectivity index (χ2v) is 7.89. The van der Waals surface area contributed by atoms with Crippen LogP contribution in [-0.4, -0.2) is 39.1 Å². The SMILES string of the molecule is Nc1nc(OC2CCN(c3cc(-c4ccc(-c5ccccc5)cc4)ncn3)CC2)ncc1F. The smallest absolute Gasteiger partial charge is 0.318 e. The minimum absolute atomic E-state index is 0.0575. The molecule has 8 heteroatoms. The number of anilines is 2. The highest BCUT2D eigenvalue weighted by molar-refractivity contribution is 5.69. The highest BCUT2D eigenvalue weighted by Gasteiger charge is 2.23. The van der Waals surface area contributed by atoms with E-state index in [0.29, 0.717) is 0 Å². The molecule has 0 atom stereocenters. The molecule has 1 aliphatic rings. The molecule has 2 aromatic carbocycles. The number of ether oxygens (including phenoxy) is 1. The van der Waals surface area contributed by atoms with E-state index in [1.165, 1.54) is 11.1 Å². The fraction of sp³-hybridized carbons (Fsp3) is 0.200. The van der Waals surface area contributed by atoms with Crippen molar-refractivity contribution in [1.82, 2.24) is 19.9 Å². The van der Waals surface area contributed by atoms with Gasteiger partial charge in [0.25, 0.3) is 0 Å². The van der Waals surface area contributed by atoms with Crippen molar-refractivity contribution < 1.29 is 9.13 Å². The van der Waals surface area contributed by atoms with Crippen molar-refractivity contribution in [3.8, 4) is 28.4 Å². The van der Waals surface area contributed by atoms with Gasteiger partial charge in [0, 0.05) is 37.6 Å². The molecule has 0 saturated carbocycles. The van der Waals surface area contributed by atoms with Crippen molar-refractivity contribution in [3.63, 3.8) is 0 Å². The van der Waals surface area contributed by atoms with E-state index in [-0.39, 0.29) is 17.9 Å². The Labute approximate surface area is 191 Å². The average molecular weight is 442 g/mol. The summed E-state index contributed by atoms with van der Waals surface area (Å²) >= 11 is 0. The molecule has 3 heterocycles. The van der Waals surface area contributed by atoms with Crippen LogP contribution in [0.4, 0.5) is 16.0 Å². The summed E-state index contributed by atoms with van der Waals surface area (Å²) in [5.74, 6) is 0.0297. The third-order valence-corrected chi connectivity index (χ3v) is 5.73. The summed E-state index contributed by atoms with van der Waals surface area (Å²) in [4.78, 5) is 18.9. The molecule has 0 spiro atoms. The molecule has 0 amide bonds. The maximum atomic E-state index is 13.2. The minimum Gasteiger partial charge on any atom is -0.460 e. The Morgan fingerprint density at radius 1 is 0.879 bits per heavy atom. The topological polar surface area (TPSA) is 90.1 Å². The standard InChI is InChI=1S/C25H23FN6O/c26-21-15-28-25(31-24(21)27)33-20-10-12-32(13-11-20)23-14-22(29-16-30-23)19-8-6-18(7-9-19)17-4-2-1-3-5-17/h1-9,14-16,20H,10-13H2,(H2,27,28,31). The third-order valence-electron chi connectivity index (χ3n) is 5.73. The first-order chi connectivity index (χ1) is 16.2. The largest absolute Gasteiger partial charge is 0.460 e. The lowest BCUT2D eigenvalue weighted by molar-refractivity contribution is 0.156. The molecular formula is C25H23FN6O. The number of nitrogen functional groups attached to an aromatic ring is 1. The Balaban J connectivity index is 1.24. The fourth-order valence-electron chi connectivity index (χ4n) is 3.91. The van der Waals surface area contributed by atoms with Crippen molar-refractivity contribution in [2.24, 2.45) is 0 Å². The van der Waals surface area contributed by atoms with Gasteiger partial charge in [0.05, 0.1) is 11.9 Å². The summed E-state index contributed by atoms with van der Waals surface area (Å²) in [6.07, 6.45) is 4.12. The Kier molecular flexibility index (Phi) is 5.80. The number of halogens is 1. The van der Waals surface area contributed by atoms with Gasteiger partial charge in [-0.1, -0.05) is 54.6 Å². The van der Waals surface area contributed by atoms with Gasteiger partial charge >= 0.3 is 6.01 Å². The zero-order valence-corrected chi connectivity index (χ0v) is 17.9. The summed E-state index contributed by atoms with van der Waals surface area (Å²) in [5, 5.41) is 0. The van der Waals surface area contributed by atoms with Gasteiger partial charge in [-0.3, -0.25) is 0 Å². The molecule has 0 unspecified atom stereocenters. The van der Waals surface area contributed by atoms with E-state index in [0.717, 1.165) is 49.2 Å². The number of hydrogen-bond donors (Lipinski definition) is 1. The predicted octanol–water partition coefficient (Wildman–Crippen LogP) is 4.37. The van der Waals surface area contributed by atoms with Crippen LogP contribution < -0.4 is 15.4 Å². The van der Waals surface area contributed by atoms with Crippen molar-refractivity contribution in [2.75, 3.05) is 23.7 Å². The summed E-state index contributed by atoms with van der Waals surface area (Å²) in [6, 6.07) is 20.8. The van der Waals surface area contributed by atoms with Crippen LogP contribution in [0.5, 0.6) is 6.01 Å². The van der Waals surface area contributed by atoms with Gasteiger partial charge in [-0.2, -0.15) is 4.98 Å². The van der Waals surface area contributed by atoms with Crippen molar-refractivity contribution in [3.05, 3.63) is 79.0 Å². The van der Waals surface area contributed by atoms with Crippen LogP contribution >= 0.6 is 0 Å². The molecule has 2 aromatic heterocycles. The van der Waals surface area contributed by atoms with E-state index in [1.807, 2.05) is 24.3 Å². The maximum absolute atomic E-state index is 13.2. The Bertz CT molecular complexity index is 1230. The number of rotatable bonds is 5. The molecule has 1 aliphatic heterocycles. The zero-order valence-electron chi connectivity index (χ0n) is 17.9. The van der Waals surface area contributed by atoms with Gasteiger partial charge in [0.15, 0.2) is 11.6 Å². The van der Waals surface area contributed by atoms with Gasteiger partial charge in [-0.25, -0.2) is 19.3 Å². The predicted molar refractivity (Wildman–Crippen MR) is 125 cm³/mol. The van der Waals surface area contributed by atoms with Gasteiger partial charge in [-0.05, 0) is 11.1 Å². The van der Waals surface area contributed by atoms with Gasteiger partial charge in [0.2, 0.25) is 0 Å². The Morgan fingerprint density at radius 3 is 2.30 bits per heavy atom. The number of nitrogens with two attached hydrogens (primary N) is 1. The lowest BCUT2D eigenvalue weighted by atomic mass is 10.0. The highest BCUT2D eigenvalue weighted by atomic mass is 19.1. The number of piperidine rings is 1. The van der Waals surface area contributed by atoms with Crippen molar-refractivity contribution in [2.45, 2.75) is 18.9 Å². The quantitative estimate of drug-likeness (QED) is 0.491. The summed E-state index contributed by atoms with van der Waals surface area (Å²) < 4.78 is 19.0. The van der Waals surface area contributed by atoms with Crippen LogP contribution in [0.15, 0.2) is 73.2 Å². The van der Waals surface area contributed by atoms with E-state index >= 15 is 0 Å². The maximum Gasteiger partial charge on any atom is 0.318 e. The molecular weight excluding hydrogens is 419 g/mol. The van der Waals surface area contributed by atoms with Crippen molar-refractivity contribution in [1.29, 1.82) is 0 Å². The number of aromatic nitrogens is 4. The first-order valence-corrected chi connectivity index (χ1v) is 10.8. The number of hydrogen-bond acceptors (Lipinski definition) is 7. The zero-order chi connectivity index (χ0) is 22.6. The van der Waals surface area contributed by atoms with Crippen LogP contribution in [0.2, 0.25) is 0 Å². The van der Waals surface area contributed by atoms with Crippen LogP contribution in [0, 0.1) is 5.82 Å².